The van der Waals surface area contributed by atoms with Gasteiger partial charge in [-0.2, -0.15) is 16.1 Å². The van der Waals surface area contributed by atoms with Crippen LogP contribution in [0.15, 0.2) is 23.1 Å². The maximum Gasteiger partial charge on any atom is 0.243 e. The predicted octanol–water partition coefficient (Wildman–Crippen LogP) is 2.35. The van der Waals surface area contributed by atoms with Gasteiger partial charge in [0.1, 0.15) is 0 Å². The summed E-state index contributed by atoms with van der Waals surface area (Å²) in [5.74, 6) is 0.829. The maximum atomic E-state index is 12.9. The average Bonchev–Trinajstić information content (AvgIpc) is 2.37. The Balaban J connectivity index is 2.42. The van der Waals surface area contributed by atoms with Gasteiger partial charge < -0.3 is 5.73 Å². The summed E-state index contributed by atoms with van der Waals surface area (Å²) in [4.78, 5) is 0.364. The second kappa shape index (κ2) is 5.58. The van der Waals surface area contributed by atoms with Crippen LogP contribution in [0, 0.1) is 0 Å². The van der Waals surface area contributed by atoms with Crippen LogP contribution in [0.5, 0.6) is 0 Å². The number of aryl methyl sites for hydroxylation is 1. The van der Waals surface area contributed by atoms with Gasteiger partial charge in [-0.1, -0.05) is 13.0 Å². The molecule has 1 saturated heterocycles. The van der Waals surface area contributed by atoms with Crippen molar-refractivity contribution in [1.29, 1.82) is 0 Å². The number of thioether (sulfide) groups is 1. The summed E-state index contributed by atoms with van der Waals surface area (Å²) in [5, 5.41) is 0. The van der Waals surface area contributed by atoms with Crippen molar-refractivity contribution >= 4 is 27.5 Å². The Morgan fingerprint density at radius 1 is 1.40 bits per heavy atom. The molecule has 2 rings (SSSR count). The monoisotopic (exact) mass is 314 g/mol. The topological polar surface area (TPSA) is 63.4 Å². The molecule has 2 N–H and O–H groups in total. The van der Waals surface area contributed by atoms with Crippen molar-refractivity contribution in [3.63, 3.8) is 0 Å². The third-order valence-electron chi connectivity index (χ3n) is 3.48. The van der Waals surface area contributed by atoms with Crippen LogP contribution >= 0.6 is 11.8 Å². The molecule has 1 aliphatic rings. The molecule has 0 bridgehead atoms. The molecule has 4 nitrogen and oxygen atoms in total. The molecule has 20 heavy (non-hydrogen) atoms. The SMILES string of the molecule is CCc1ccc(N)cc1S(=O)(=O)N1CCSC(C)(C)C1. The second-order valence-corrected chi connectivity index (χ2v) is 9.38. The Morgan fingerprint density at radius 2 is 2.10 bits per heavy atom. The molecular formula is C14H22N2O2S2. The largest absolute Gasteiger partial charge is 0.399 e. The molecule has 0 atom stereocenters. The summed E-state index contributed by atoms with van der Waals surface area (Å²) in [6, 6.07) is 5.16. The Labute approximate surface area is 125 Å². The summed E-state index contributed by atoms with van der Waals surface area (Å²) < 4.78 is 27.3. The quantitative estimate of drug-likeness (QED) is 0.870. The Morgan fingerprint density at radius 3 is 2.70 bits per heavy atom. The van der Waals surface area contributed by atoms with Crippen LogP contribution in [0.2, 0.25) is 0 Å². The van der Waals surface area contributed by atoms with Crippen LogP contribution in [0.1, 0.15) is 26.3 Å². The van der Waals surface area contributed by atoms with E-state index in [0.29, 0.717) is 30.1 Å². The zero-order valence-electron chi connectivity index (χ0n) is 12.2. The lowest BCUT2D eigenvalue weighted by molar-refractivity contribution is 0.387. The van der Waals surface area contributed by atoms with E-state index in [1.54, 1.807) is 16.4 Å². The van der Waals surface area contributed by atoms with Gasteiger partial charge in [0.25, 0.3) is 0 Å². The van der Waals surface area contributed by atoms with Gasteiger partial charge in [0.05, 0.1) is 4.90 Å². The fourth-order valence-electron chi connectivity index (χ4n) is 2.42. The average molecular weight is 314 g/mol. The first-order valence-corrected chi connectivity index (χ1v) is 9.21. The van der Waals surface area contributed by atoms with Crippen LogP contribution in [-0.4, -0.2) is 36.3 Å². The lowest BCUT2D eigenvalue weighted by Gasteiger charge is -2.37. The first-order valence-electron chi connectivity index (χ1n) is 6.79. The molecule has 0 aromatic heterocycles. The highest BCUT2D eigenvalue weighted by Crippen LogP contribution is 2.33. The van der Waals surface area contributed by atoms with Crippen LogP contribution in [-0.2, 0) is 16.4 Å². The van der Waals surface area contributed by atoms with E-state index in [0.717, 1.165) is 11.3 Å². The zero-order chi connectivity index (χ0) is 15.0. The predicted molar refractivity (Wildman–Crippen MR) is 85.5 cm³/mol. The summed E-state index contributed by atoms with van der Waals surface area (Å²) in [6.07, 6.45) is 0.681. The molecular weight excluding hydrogens is 292 g/mol. The number of nitrogens with zero attached hydrogens (tertiary/aromatic N) is 1. The van der Waals surface area contributed by atoms with Crippen molar-refractivity contribution in [2.24, 2.45) is 0 Å². The van der Waals surface area contributed by atoms with Crippen LogP contribution in [0.4, 0.5) is 5.69 Å². The normalized spacial score (nSPS) is 19.9. The van der Waals surface area contributed by atoms with Crippen molar-refractivity contribution < 1.29 is 8.42 Å². The van der Waals surface area contributed by atoms with Gasteiger partial charge in [-0.3, -0.25) is 0 Å². The van der Waals surface area contributed by atoms with Crippen LogP contribution in [0.3, 0.4) is 0 Å². The number of benzene rings is 1. The van der Waals surface area contributed by atoms with Crippen molar-refractivity contribution in [2.45, 2.75) is 36.8 Å². The van der Waals surface area contributed by atoms with Gasteiger partial charge >= 0.3 is 0 Å². The Kier molecular flexibility index (Phi) is 4.37. The molecule has 112 valence electrons. The number of nitrogen functional groups attached to an aromatic ring is 1. The molecule has 0 saturated carbocycles. The Hall–Kier alpha value is -0.720. The van der Waals surface area contributed by atoms with E-state index < -0.39 is 10.0 Å². The van der Waals surface area contributed by atoms with Gasteiger partial charge in [0.2, 0.25) is 10.0 Å². The van der Waals surface area contributed by atoms with Crippen molar-refractivity contribution in [3.8, 4) is 0 Å². The van der Waals surface area contributed by atoms with Crippen molar-refractivity contribution in [1.82, 2.24) is 4.31 Å². The maximum absolute atomic E-state index is 12.9. The standard InChI is InChI=1S/C14H22N2O2S2/c1-4-11-5-6-12(15)9-13(11)20(17,18)16-7-8-19-14(2,3)10-16/h5-6,9H,4,7-8,10,15H2,1-3H3. The van der Waals surface area contributed by atoms with E-state index in [1.165, 1.54) is 0 Å². The number of anilines is 1. The van der Waals surface area contributed by atoms with Gasteiger partial charge in [-0.25, -0.2) is 8.42 Å². The van der Waals surface area contributed by atoms with Gasteiger partial charge in [0.15, 0.2) is 0 Å². The van der Waals surface area contributed by atoms with Crippen LogP contribution < -0.4 is 5.73 Å². The third-order valence-corrected chi connectivity index (χ3v) is 6.71. The molecule has 0 amide bonds. The van der Waals surface area contributed by atoms with Gasteiger partial charge in [0, 0.05) is 29.3 Å². The van der Waals surface area contributed by atoms with E-state index in [2.05, 4.69) is 13.8 Å². The molecule has 0 spiro atoms. The minimum absolute atomic E-state index is 0.0436. The number of hydrogen-bond acceptors (Lipinski definition) is 4. The number of rotatable bonds is 3. The van der Waals surface area contributed by atoms with Gasteiger partial charge in [-0.15, -0.1) is 0 Å². The van der Waals surface area contributed by atoms with E-state index >= 15 is 0 Å². The van der Waals surface area contributed by atoms with E-state index in [-0.39, 0.29) is 4.75 Å². The van der Waals surface area contributed by atoms with E-state index in [9.17, 15) is 8.42 Å². The summed E-state index contributed by atoms with van der Waals surface area (Å²) in [6.45, 7) is 7.23. The lowest BCUT2D eigenvalue weighted by Crippen LogP contribution is -2.46. The molecule has 0 unspecified atom stereocenters. The van der Waals surface area contributed by atoms with Crippen molar-refractivity contribution in [2.75, 3.05) is 24.6 Å². The smallest absolute Gasteiger partial charge is 0.243 e. The highest BCUT2D eigenvalue weighted by atomic mass is 32.2. The second-order valence-electron chi connectivity index (χ2n) is 5.67. The Bertz CT molecular complexity index is 597. The minimum atomic E-state index is -3.46. The number of sulfonamides is 1. The molecule has 1 fully saturated rings. The highest BCUT2D eigenvalue weighted by Gasteiger charge is 2.35. The third kappa shape index (κ3) is 3.13. The molecule has 1 aromatic rings. The fourth-order valence-corrected chi connectivity index (χ4v) is 5.66. The molecule has 1 heterocycles. The van der Waals surface area contributed by atoms with Crippen molar-refractivity contribution in [3.05, 3.63) is 23.8 Å². The zero-order valence-corrected chi connectivity index (χ0v) is 13.9. The molecule has 1 aromatic carbocycles. The number of hydrogen-bond donors (Lipinski definition) is 1. The molecule has 6 heteroatoms. The number of nitrogens with two attached hydrogens (primary N) is 1. The van der Waals surface area contributed by atoms with Gasteiger partial charge in [-0.05, 0) is 38.0 Å². The first kappa shape index (κ1) is 15.7. The van der Waals surface area contributed by atoms with E-state index in [1.807, 2.05) is 24.8 Å². The molecule has 0 radical (unpaired) electrons. The molecule has 1 aliphatic heterocycles. The lowest BCUT2D eigenvalue weighted by atomic mass is 10.1. The summed E-state index contributed by atoms with van der Waals surface area (Å²) >= 11 is 1.82. The highest BCUT2D eigenvalue weighted by molar-refractivity contribution is 8.00. The first-order chi connectivity index (χ1) is 9.26. The summed E-state index contributed by atoms with van der Waals surface area (Å²) in [7, 11) is -3.46. The summed E-state index contributed by atoms with van der Waals surface area (Å²) in [5.41, 5.74) is 7.10. The van der Waals surface area contributed by atoms with E-state index in [4.69, 9.17) is 5.73 Å². The minimum Gasteiger partial charge on any atom is -0.399 e. The van der Waals surface area contributed by atoms with Crippen LogP contribution in [0.25, 0.3) is 0 Å². The molecule has 0 aliphatic carbocycles. The fraction of sp³-hybridized carbons (Fsp3) is 0.571.